The number of aromatic nitrogens is 1. The molecular weight excluding hydrogens is 206 g/mol. The van der Waals surface area contributed by atoms with Gasteiger partial charge in [-0.2, -0.15) is 0 Å². The van der Waals surface area contributed by atoms with E-state index >= 15 is 0 Å². The number of pyridine rings is 1. The molecule has 0 bridgehead atoms. The number of aryl methyl sites for hydroxylation is 1. The van der Waals surface area contributed by atoms with E-state index in [9.17, 15) is 0 Å². The molecule has 1 aliphatic rings. The number of morpholine rings is 1. The number of hydrogen-bond acceptors (Lipinski definition) is 5. The fourth-order valence-electron chi connectivity index (χ4n) is 1.71. The van der Waals surface area contributed by atoms with Crippen LogP contribution in [-0.4, -0.2) is 42.7 Å². The summed E-state index contributed by atoms with van der Waals surface area (Å²) < 4.78 is 5.29. The SMILES string of the molecule is Cc1cc(N2CCOCC2)ncc1/C=N\O. The van der Waals surface area contributed by atoms with E-state index in [1.807, 2.05) is 13.0 Å². The van der Waals surface area contributed by atoms with Gasteiger partial charge in [0.25, 0.3) is 0 Å². The highest BCUT2D eigenvalue weighted by atomic mass is 16.5. The van der Waals surface area contributed by atoms with Crippen LogP contribution in [0.15, 0.2) is 17.4 Å². The molecule has 2 heterocycles. The van der Waals surface area contributed by atoms with Gasteiger partial charge in [-0.3, -0.25) is 0 Å². The number of oxime groups is 1. The highest BCUT2D eigenvalue weighted by molar-refractivity contribution is 5.81. The molecule has 5 nitrogen and oxygen atoms in total. The minimum absolute atomic E-state index is 0.751. The summed E-state index contributed by atoms with van der Waals surface area (Å²) in [7, 11) is 0. The predicted molar refractivity (Wildman–Crippen MR) is 61.4 cm³/mol. The third-order valence-corrected chi connectivity index (χ3v) is 2.67. The lowest BCUT2D eigenvalue weighted by Crippen LogP contribution is -2.36. The van der Waals surface area contributed by atoms with E-state index in [2.05, 4.69) is 15.0 Å². The van der Waals surface area contributed by atoms with Crippen molar-refractivity contribution in [2.45, 2.75) is 6.92 Å². The Balaban J connectivity index is 2.19. The van der Waals surface area contributed by atoms with Gasteiger partial charge in [-0.05, 0) is 18.6 Å². The van der Waals surface area contributed by atoms with Crippen LogP contribution in [0.5, 0.6) is 0 Å². The third-order valence-electron chi connectivity index (χ3n) is 2.67. The fourth-order valence-corrected chi connectivity index (χ4v) is 1.71. The number of anilines is 1. The molecule has 16 heavy (non-hydrogen) atoms. The van der Waals surface area contributed by atoms with E-state index in [-0.39, 0.29) is 0 Å². The van der Waals surface area contributed by atoms with E-state index in [1.54, 1.807) is 6.20 Å². The second-order valence-corrected chi connectivity index (χ2v) is 3.74. The molecule has 1 N–H and O–H groups in total. The Morgan fingerprint density at radius 2 is 2.25 bits per heavy atom. The maximum Gasteiger partial charge on any atom is 0.128 e. The Kier molecular flexibility index (Phi) is 3.36. The average molecular weight is 221 g/mol. The molecule has 0 aliphatic carbocycles. The van der Waals surface area contributed by atoms with Crippen molar-refractivity contribution in [3.63, 3.8) is 0 Å². The van der Waals surface area contributed by atoms with Crippen LogP contribution in [0.3, 0.4) is 0 Å². The summed E-state index contributed by atoms with van der Waals surface area (Å²) in [5.41, 5.74) is 1.88. The lowest BCUT2D eigenvalue weighted by atomic mass is 10.1. The zero-order valence-electron chi connectivity index (χ0n) is 9.26. The van der Waals surface area contributed by atoms with Crippen molar-refractivity contribution in [2.75, 3.05) is 31.2 Å². The Morgan fingerprint density at radius 1 is 1.50 bits per heavy atom. The fraction of sp³-hybridized carbons (Fsp3) is 0.455. The average Bonchev–Trinajstić information content (AvgIpc) is 2.33. The zero-order valence-corrected chi connectivity index (χ0v) is 9.26. The molecule has 1 fully saturated rings. The molecule has 0 atom stereocenters. The van der Waals surface area contributed by atoms with Crippen LogP contribution < -0.4 is 4.90 Å². The molecule has 1 aromatic rings. The molecule has 0 aromatic carbocycles. The Hall–Kier alpha value is -1.62. The van der Waals surface area contributed by atoms with Crippen molar-refractivity contribution in [1.82, 2.24) is 4.98 Å². The topological polar surface area (TPSA) is 58.0 Å². The molecule has 0 spiro atoms. The summed E-state index contributed by atoms with van der Waals surface area (Å²) in [6.07, 6.45) is 3.12. The first kappa shape index (κ1) is 10.9. The van der Waals surface area contributed by atoms with Crippen molar-refractivity contribution in [1.29, 1.82) is 0 Å². The summed E-state index contributed by atoms with van der Waals surface area (Å²) >= 11 is 0. The molecule has 1 saturated heterocycles. The maximum atomic E-state index is 8.48. The van der Waals surface area contributed by atoms with Crippen LogP contribution in [0.4, 0.5) is 5.82 Å². The Labute approximate surface area is 94.4 Å². The standard InChI is InChI=1S/C11H15N3O2/c1-9-6-11(12-7-10(9)8-13-15)14-2-4-16-5-3-14/h6-8,15H,2-5H2,1H3/b13-8-. The Morgan fingerprint density at radius 3 is 2.88 bits per heavy atom. The van der Waals surface area contributed by atoms with Gasteiger partial charge in [0.15, 0.2) is 0 Å². The lowest BCUT2D eigenvalue weighted by Gasteiger charge is -2.28. The van der Waals surface area contributed by atoms with Gasteiger partial charge in [0.1, 0.15) is 5.82 Å². The molecule has 1 aliphatic heterocycles. The lowest BCUT2D eigenvalue weighted by molar-refractivity contribution is 0.122. The van der Waals surface area contributed by atoms with Gasteiger partial charge in [0.05, 0.1) is 19.4 Å². The minimum Gasteiger partial charge on any atom is -0.411 e. The van der Waals surface area contributed by atoms with Crippen LogP contribution in [-0.2, 0) is 4.74 Å². The zero-order chi connectivity index (χ0) is 11.4. The van der Waals surface area contributed by atoms with Gasteiger partial charge in [-0.15, -0.1) is 0 Å². The highest BCUT2D eigenvalue weighted by Gasteiger charge is 2.12. The van der Waals surface area contributed by atoms with Gasteiger partial charge in [-0.1, -0.05) is 5.16 Å². The maximum absolute atomic E-state index is 8.48. The summed E-state index contributed by atoms with van der Waals surface area (Å²) in [5, 5.41) is 11.5. The van der Waals surface area contributed by atoms with E-state index < -0.39 is 0 Å². The molecule has 0 saturated carbocycles. The molecule has 0 amide bonds. The first-order chi connectivity index (χ1) is 7.81. The monoisotopic (exact) mass is 221 g/mol. The quantitative estimate of drug-likeness (QED) is 0.460. The number of hydrogen-bond donors (Lipinski definition) is 1. The first-order valence-corrected chi connectivity index (χ1v) is 5.28. The van der Waals surface area contributed by atoms with Crippen molar-refractivity contribution >= 4 is 12.0 Å². The summed E-state index contributed by atoms with van der Waals surface area (Å²) in [4.78, 5) is 6.54. The second-order valence-electron chi connectivity index (χ2n) is 3.74. The van der Waals surface area contributed by atoms with E-state index in [0.717, 1.165) is 43.2 Å². The smallest absolute Gasteiger partial charge is 0.128 e. The van der Waals surface area contributed by atoms with Gasteiger partial charge >= 0.3 is 0 Å². The molecular formula is C11H15N3O2. The van der Waals surface area contributed by atoms with E-state index in [1.165, 1.54) is 6.21 Å². The van der Waals surface area contributed by atoms with Crippen LogP contribution in [0, 0.1) is 6.92 Å². The minimum atomic E-state index is 0.751. The molecule has 0 unspecified atom stereocenters. The van der Waals surface area contributed by atoms with Gasteiger partial charge in [-0.25, -0.2) is 4.98 Å². The molecule has 2 rings (SSSR count). The van der Waals surface area contributed by atoms with Crippen molar-refractivity contribution in [2.24, 2.45) is 5.16 Å². The molecule has 5 heteroatoms. The summed E-state index contributed by atoms with van der Waals surface area (Å²) in [6.45, 7) is 5.23. The van der Waals surface area contributed by atoms with Crippen LogP contribution in [0.1, 0.15) is 11.1 Å². The summed E-state index contributed by atoms with van der Waals surface area (Å²) in [5.74, 6) is 0.955. The van der Waals surface area contributed by atoms with E-state index in [4.69, 9.17) is 9.94 Å². The van der Waals surface area contributed by atoms with Crippen LogP contribution in [0.25, 0.3) is 0 Å². The third kappa shape index (κ3) is 2.30. The molecule has 1 aromatic heterocycles. The normalized spacial score (nSPS) is 16.9. The van der Waals surface area contributed by atoms with Gasteiger partial charge in [0.2, 0.25) is 0 Å². The molecule has 86 valence electrons. The van der Waals surface area contributed by atoms with E-state index in [0.29, 0.717) is 0 Å². The second kappa shape index (κ2) is 4.94. The number of rotatable bonds is 2. The summed E-state index contributed by atoms with van der Waals surface area (Å²) in [6, 6.07) is 2.00. The molecule has 0 radical (unpaired) electrons. The highest BCUT2D eigenvalue weighted by Crippen LogP contribution is 2.16. The number of ether oxygens (including phenoxy) is 1. The number of nitrogens with zero attached hydrogens (tertiary/aromatic N) is 3. The van der Waals surface area contributed by atoms with Gasteiger partial charge in [0, 0.05) is 24.8 Å². The van der Waals surface area contributed by atoms with Crippen LogP contribution >= 0.6 is 0 Å². The first-order valence-electron chi connectivity index (χ1n) is 5.28. The van der Waals surface area contributed by atoms with Gasteiger partial charge < -0.3 is 14.8 Å². The van der Waals surface area contributed by atoms with Crippen LogP contribution in [0.2, 0.25) is 0 Å². The largest absolute Gasteiger partial charge is 0.411 e. The predicted octanol–water partition coefficient (Wildman–Crippen LogP) is 1.03. The van der Waals surface area contributed by atoms with Crippen molar-refractivity contribution in [3.05, 3.63) is 23.4 Å². The van der Waals surface area contributed by atoms with Crippen molar-refractivity contribution < 1.29 is 9.94 Å². The van der Waals surface area contributed by atoms with Crippen molar-refractivity contribution in [3.8, 4) is 0 Å². The Bertz CT molecular complexity index is 387.